The van der Waals surface area contributed by atoms with Crippen LogP contribution < -0.4 is 10.2 Å². The van der Waals surface area contributed by atoms with Gasteiger partial charge in [0.15, 0.2) is 0 Å². The first-order valence-electron chi connectivity index (χ1n) is 7.93. The van der Waals surface area contributed by atoms with Gasteiger partial charge in [-0.1, -0.05) is 44.9 Å². The molecular formula is C17H29ClN2O. The number of hydrogen-bond donors (Lipinski definition) is 2. The number of halogens is 1. The van der Waals surface area contributed by atoms with Gasteiger partial charge in [-0.05, 0) is 36.6 Å². The zero-order valence-corrected chi connectivity index (χ0v) is 14.3. The normalized spacial score (nSPS) is 11.1. The minimum atomic E-state index is 0.162. The summed E-state index contributed by atoms with van der Waals surface area (Å²) in [6, 6.07) is 6.04. The molecule has 0 heterocycles. The van der Waals surface area contributed by atoms with Crippen LogP contribution in [0.4, 0.5) is 5.69 Å². The lowest BCUT2D eigenvalue weighted by Crippen LogP contribution is -2.29. The molecule has 0 saturated heterocycles. The summed E-state index contributed by atoms with van der Waals surface area (Å²) in [7, 11) is 0. The highest BCUT2D eigenvalue weighted by Crippen LogP contribution is 2.25. The van der Waals surface area contributed by atoms with E-state index in [1.807, 2.05) is 12.1 Å². The molecule has 2 N–H and O–H groups in total. The Bertz CT molecular complexity index is 410. The van der Waals surface area contributed by atoms with Crippen LogP contribution in [0.3, 0.4) is 0 Å². The van der Waals surface area contributed by atoms with E-state index in [4.69, 9.17) is 11.6 Å². The van der Waals surface area contributed by atoms with E-state index in [9.17, 15) is 5.11 Å². The Labute approximate surface area is 134 Å². The minimum absolute atomic E-state index is 0.162. The Balaban J connectivity index is 2.86. The SMILES string of the molecule is CCCCN(CCO)c1cc(Cl)ccc1CNCC(C)C. The molecule has 0 aromatic heterocycles. The van der Waals surface area contributed by atoms with Crippen molar-refractivity contribution in [1.29, 1.82) is 0 Å². The van der Waals surface area contributed by atoms with Gasteiger partial charge in [-0.25, -0.2) is 0 Å². The van der Waals surface area contributed by atoms with E-state index >= 15 is 0 Å². The first kappa shape index (κ1) is 18.3. The third-order valence-corrected chi connectivity index (χ3v) is 3.64. The fraction of sp³-hybridized carbons (Fsp3) is 0.647. The number of unbranched alkanes of at least 4 members (excludes halogenated alkanes) is 1. The van der Waals surface area contributed by atoms with Crippen molar-refractivity contribution in [2.24, 2.45) is 5.92 Å². The van der Waals surface area contributed by atoms with E-state index in [1.165, 1.54) is 5.56 Å². The highest BCUT2D eigenvalue weighted by molar-refractivity contribution is 6.30. The second kappa shape index (κ2) is 10.0. The average Bonchev–Trinajstić information content (AvgIpc) is 2.44. The van der Waals surface area contributed by atoms with Crippen molar-refractivity contribution in [3.05, 3.63) is 28.8 Å². The minimum Gasteiger partial charge on any atom is -0.395 e. The number of aliphatic hydroxyl groups excluding tert-OH is 1. The second-order valence-corrected chi connectivity index (χ2v) is 6.30. The van der Waals surface area contributed by atoms with Crippen molar-refractivity contribution in [2.75, 3.05) is 31.1 Å². The molecule has 4 heteroatoms. The molecule has 0 saturated carbocycles. The van der Waals surface area contributed by atoms with Crippen molar-refractivity contribution in [3.8, 4) is 0 Å². The lowest BCUT2D eigenvalue weighted by Gasteiger charge is -2.27. The summed E-state index contributed by atoms with van der Waals surface area (Å²) in [4.78, 5) is 2.24. The van der Waals surface area contributed by atoms with Crippen LogP contribution in [0, 0.1) is 5.92 Å². The quantitative estimate of drug-likeness (QED) is 0.692. The van der Waals surface area contributed by atoms with E-state index < -0.39 is 0 Å². The van der Waals surface area contributed by atoms with Crippen LogP contribution >= 0.6 is 11.6 Å². The van der Waals surface area contributed by atoms with Crippen LogP contribution in [0.1, 0.15) is 39.2 Å². The summed E-state index contributed by atoms with van der Waals surface area (Å²) < 4.78 is 0. The Morgan fingerprint density at radius 2 is 2.05 bits per heavy atom. The summed E-state index contributed by atoms with van der Waals surface area (Å²) in [6.07, 6.45) is 2.26. The van der Waals surface area contributed by atoms with Crippen molar-refractivity contribution < 1.29 is 5.11 Å². The Morgan fingerprint density at radius 3 is 2.67 bits per heavy atom. The van der Waals surface area contributed by atoms with E-state index in [2.05, 4.69) is 37.1 Å². The van der Waals surface area contributed by atoms with Gasteiger partial charge in [-0.2, -0.15) is 0 Å². The molecule has 0 aliphatic carbocycles. The number of benzene rings is 1. The molecule has 21 heavy (non-hydrogen) atoms. The van der Waals surface area contributed by atoms with Crippen LogP contribution in [-0.2, 0) is 6.54 Å². The maximum absolute atomic E-state index is 9.32. The van der Waals surface area contributed by atoms with Crippen LogP contribution in [0.25, 0.3) is 0 Å². The molecule has 3 nitrogen and oxygen atoms in total. The molecule has 120 valence electrons. The first-order chi connectivity index (χ1) is 10.1. The number of nitrogens with one attached hydrogen (secondary N) is 1. The first-order valence-corrected chi connectivity index (χ1v) is 8.31. The van der Waals surface area contributed by atoms with Gasteiger partial charge in [0.2, 0.25) is 0 Å². The monoisotopic (exact) mass is 312 g/mol. The van der Waals surface area contributed by atoms with Crippen LogP contribution in [0.15, 0.2) is 18.2 Å². The number of anilines is 1. The van der Waals surface area contributed by atoms with Crippen molar-refractivity contribution in [3.63, 3.8) is 0 Å². The number of rotatable bonds is 10. The van der Waals surface area contributed by atoms with Crippen LogP contribution in [0.5, 0.6) is 0 Å². The third kappa shape index (κ3) is 6.68. The van der Waals surface area contributed by atoms with E-state index in [-0.39, 0.29) is 6.61 Å². The summed E-state index contributed by atoms with van der Waals surface area (Å²) in [6.45, 7) is 10.2. The average molecular weight is 313 g/mol. The fourth-order valence-corrected chi connectivity index (χ4v) is 2.47. The fourth-order valence-electron chi connectivity index (χ4n) is 2.30. The molecule has 1 aromatic rings. The molecule has 0 atom stereocenters. The summed E-state index contributed by atoms with van der Waals surface area (Å²) in [5.74, 6) is 0.634. The van der Waals surface area contributed by atoms with Crippen LogP contribution in [-0.4, -0.2) is 31.3 Å². The predicted octanol–water partition coefficient (Wildman–Crippen LogP) is 3.68. The molecule has 1 aromatic carbocycles. The maximum atomic E-state index is 9.32. The third-order valence-electron chi connectivity index (χ3n) is 3.41. The zero-order chi connectivity index (χ0) is 15.7. The van der Waals surface area contributed by atoms with Gasteiger partial charge in [-0.3, -0.25) is 0 Å². The molecule has 0 unspecified atom stereocenters. The topological polar surface area (TPSA) is 35.5 Å². The summed E-state index contributed by atoms with van der Waals surface area (Å²) in [5.41, 5.74) is 2.38. The van der Waals surface area contributed by atoms with E-state index in [1.54, 1.807) is 0 Å². The molecule has 0 radical (unpaired) electrons. The number of aliphatic hydroxyl groups is 1. The van der Waals surface area contributed by atoms with Crippen LogP contribution in [0.2, 0.25) is 5.02 Å². The van der Waals surface area contributed by atoms with Crippen molar-refractivity contribution in [2.45, 2.75) is 40.2 Å². The molecule has 0 fully saturated rings. The van der Waals surface area contributed by atoms with Crippen molar-refractivity contribution in [1.82, 2.24) is 5.32 Å². The Morgan fingerprint density at radius 1 is 1.29 bits per heavy atom. The van der Waals surface area contributed by atoms with E-state index in [0.717, 1.165) is 43.2 Å². The molecule has 0 aliphatic heterocycles. The molecule has 0 aliphatic rings. The van der Waals surface area contributed by atoms with Gasteiger partial charge in [0, 0.05) is 30.3 Å². The van der Waals surface area contributed by atoms with Gasteiger partial charge in [-0.15, -0.1) is 0 Å². The largest absolute Gasteiger partial charge is 0.395 e. The van der Waals surface area contributed by atoms with Gasteiger partial charge in [0.1, 0.15) is 0 Å². The second-order valence-electron chi connectivity index (χ2n) is 5.86. The highest BCUT2D eigenvalue weighted by atomic mass is 35.5. The van der Waals surface area contributed by atoms with Crippen molar-refractivity contribution >= 4 is 17.3 Å². The smallest absolute Gasteiger partial charge is 0.0606 e. The highest BCUT2D eigenvalue weighted by Gasteiger charge is 2.11. The summed E-state index contributed by atoms with van der Waals surface area (Å²) in [5, 5.41) is 13.5. The maximum Gasteiger partial charge on any atom is 0.0606 e. The zero-order valence-electron chi connectivity index (χ0n) is 13.5. The number of nitrogens with zero attached hydrogens (tertiary/aromatic N) is 1. The van der Waals surface area contributed by atoms with Gasteiger partial charge < -0.3 is 15.3 Å². The molecule has 0 amide bonds. The molecular weight excluding hydrogens is 284 g/mol. The Hall–Kier alpha value is -0.770. The van der Waals surface area contributed by atoms with E-state index in [0.29, 0.717) is 12.5 Å². The lowest BCUT2D eigenvalue weighted by atomic mass is 10.1. The van der Waals surface area contributed by atoms with Gasteiger partial charge in [0.05, 0.1) is 6.61 Å². The van der Waals surface area contributed by atoms with Gasteiger partial charge >= 0.3 is 0 Å². The molecule has 0 spiro atoms. The Kier molecular flexibility index (Phi) is 8.74. The standard InChI is InChI=1S/C17H29ClN2O/c1-4-5-8-20(9-10-21)17-11-16(18)7-6-15(17)13-19-12-14(2)3/h6-7,11,14,19,21H,4-5,8-10,12-13H2,1-3H3. The lowest BCUT2D eigenvalue weighted by molar-refractivity contribution is 0.301. The predicted molar refractivity (Wildman–Crippen MR) is 92.2 cm³/mol. The summed E-state index contributed by atoms with van der Waals surface area (Å²) >= 11 is 6.17. The number of hydrogen-bond acceptors (Lipinski definition) is 3. The molecule has 1 rings (SSSR count). The molecule has 0 bridgehead atoms. The van der Waals surface area contributed by atoms with Gasteiger partial charge in [0.25, 0.3) is 0 Å².